The predicted octanol–water partition coefficient (Wildman–Crippen LogP) is 2.80. The van der Waals surface area contributed by atoms with E-state index in [1.165, 1.54) is 4.31 Å². The summed E-state index contributed by atoms with van der Waals surface area (Å²) in [5, 5.41) is 0. The summed E-state index contributed by atoms with van der Waals surface area (Å²) >= 11 is 0. The number of rotatable bonds is 5. The van der Waals surface area contributed by atoms with Crippen molar-refractivity contribution in [3.8, 4) is 0 Å². The minimum atomic E-state index is -3.49. The van der Waals surface area contributed by atoms with Crippen LogP contribution in [0.25, 0.3) is 0 Å². The van der Waals surface area contributed by atoms with Gasteiger partial charge in [0, 0.05) is 31.7 Å². The van der Waals surface area contributed by atoms with Crippen molar-refractivity contribution in [2.24, 2.45) is 0 Å². The first-order valence-corrected chi connectivity index (χ1v) is 10.6. The molecule has 0 atom stereocenters. The zero-order chi connectivity index (χ0) is 19.6. The van der Waals surface area contributed by atoms with Crippen LogP contribution in [-0.4, -0.2) is 56.1 Å². The standard InChI is InChI=1S/C21H26N2O3S/c1-16-8-9-17(2)19(14-16)20(24)15-22-10-12-23(13-11-22)27(25,26)21-7-5-4-6-18(21)3/h4-9,14H,10-13,15H2,1-3H3. The fourth-order valence-electron chi connectivity index (χ4n) is 3.44. The molecule has 0 N–H and O–H groups in total. The van der Waals surface area contributed by atoms with Crippen molar-refractivity contribution in [1.82, 2.24) is 9.21 Å². The normalized spacial score (nSPS) is 16.4. The van der Waals surface area contributed by atoms with Crippen LogP contribution in [0, 0.1) is 20.8 Å². The van der Waals surface area contributed by atoms with E-state index in [2.05, 4.69) is 0 Å². The monoisotopic (exact) mass is 386 g/mol. The molecule has 0 saturated carbocycles. The summed E-state index contributed by atoms with van der Waals surface area (Å²) in [6.45, 7) is 7.97. The molecule has 5 nitrogen and oxygen atoms in total. The maximum Gasteiger partial charge on any atom is 0.243 e. The number of ketones is 1. The van der Waals surface area contributed by atoms with Crippen LogP contribution in [0.5, 0.6) is 0 Å². The van der Waals surface area contributed by atoms with Crippen molar-refractivity contribution < 1.29 is 13.2 Å². The van der Waals surface area contributed by atoms with E-state index >= 15 is 0 Å². The molecular formula is C21H26N2O3S. The van der Waals surface area contributed by atoms with Crippen LogP contribution in [0.1, 0.15) is 27.0 Å². The van der Waals surface area contributed by atoms with Gasteiger partial charge in [-0.05, 0) is 44.0 Å². The number of benzene rings is 2. The Hall–Kier alpha value is -2.02. The van der Waals surface area contributed by atoms with Crippen molar-refractivity contribution in [1.29, 1.82) is 0 Å². The quantitative estimate of drug-likeness (QED) is 0.742. The second-order valence-electron chi connectivity index (χ2n) is 7.19. The van der Waals surface area contributed by atoms with Crippen LogP contribution >= 0.6 is 0 Å². The second kappa shape index (κ2) is 7.92. The highest BCUT2D eigenvalue weighted by atomic mass is 32.2. The molecule has 2 aromatic carbocycles. The first-order chi connectivity index (χ1) is 12.8. The van der Waals surface area contributed by atoms with E-state index in [0.717, 1.165) is 22.3 Å². The molecule has 27 heavy (non-hydrogen) atoms. The van der Waals surface area contributed by atoms with Crippen molar-refractivity contribution in [2.75, 3.05) is 32.7 Å². The summed E-state index contributed by atoms with van der Waals surface area (Å²) in [5.41, 5.74) is 3.56. The second-order valence-corrected chi connectivity index (χ2v) is 9.09. The Kier molecular flexibility index (Phi) is 5.79. The van der Waals surface area contributed by atoms with Gasteiger partial charge < -0.3 is 0 Å². The average Bonchev–Trinajstić information content (AvgIpc) is 2.64. The van der Waals surface area contributed by atoms with Crippen LogP contribution < -0.4 is 0 Å². The van der Waals surface area contributed by atoms with Crippen molar-refractivity contribution in [3.63, 3.8) is 0 Å². The van der Waals surface area contributed by atoms with Crippen molar-refractivity contribution in [2.45, 2.75) is 25.7 Å². The minimum Gasteiger partial charge on any atom is -0.293 e. The molecule has 1 heterocycles. The molecule has 1 aliphatic heterocycles. The largest absolute Gasteiger partial charge is 0.293 e. The van der Waals surface area contributed by atoms with Gasteiger partial charge >= 0.3 is 0 Å². The lowest BCUT2D eigenvalue weighted by molar-refractivity contribution is 0.0901. The fourth-order valence-corrected chi connectivity index (χ4v) is 5.09. The highest BCUT2D eigenvalue weighted by Gasteiger charge is 2.30. The third-order valence-electron chi connectivity index (χ3n) is 5.10. The first-order valence-electron chi connectivity index (χ1n) is 9.17. The van der Waals surface area contributed by atoms with Crippen LogP contribution in [0.15, 0.2) is 47.4 Å². The molecular weight excluding hydrogens is 360 g/mol. The van der Waals surface area contributed by atoms with Gasteiger partial charge in [-0.2, -0.15) is 4.31 Å². The van der Waals surface area contributed by atoms with Gasteiger partial charge in [0.25, 0.3) is 0 Å². The highest BCUT2D eigenvalue weighted by Crippen LogP contribution is 2.21. The van der Waals surface area contributed by atoms with Crippen LogP contribution in [0.2, 0.25) is 0 Å². The summed E-state index contributed by atoms with van der Waals surface area (Å²) in [5.74, 6) is 0.0893. The number of hydrogen-bond donors (Lipinski definition) is 0. The van der Waals surface area contributed by atoms with E-state index < -0.39 is 10.0 Å². The Morgan fingerprint density at radius 1 is 0.926 bits per heavy atom. The number of carbonyl (C=O) groups is 1. The van der Waals surface area contributed by atoms with Gasteiger partial charge in [0.05, 0.1) is 11.4 Å². The topological polar surface area (TPSA) is 57.7 Å². The lowest BCUT2D eigenvalue weighted by Gasteiger charge is -2.33. The van der Waals surface area contributed by atoms with Crippen LogP contribution in [0.3, 0.4) is 0 Å². The minimum absolute atomic E-state index is 0.0893. The number of nitrogens with zero attached hydrogens (tertiary/aromatic N) is 2. The molecule has 0 unspecified atom stereocenters. The van der Waals surface area contributed by atoms with Gasteiger partial charge in [0.2, 0.25) is 10.0 Å². The number of aryl methyl sites for hydroxylation is 3. The Balaban J connectivity index is 1.65. The molecule has 0 amide bonds. The number of hydrogen-bond acceptors (Lipinski definition) is 4. The maximum absolute atomic E-state index is 12.9. The average molecular weight is 387 g/mol. The summed E-state index contributed by atoms with van der Waals surface area (Å²) in [7, 11) is -3.49. The van der Waals surface area contributed by atoms with Crippen molar-refractivity contribution in [3.05, 3.63) is 64.7 Å². The smallest absolute Gasteiger partial charge is 0.243 e. The van der Waals surface area contributed by atoms with E-state index in [1.54, 1.807) is 12.1 Å². The number of sulfonamides is 1. The predicted molar refractivity (Wildman–Crippen MR) is 107 cm³/mol. The Morgan fingerprint density at radius 3 is 2.26 bits per heavy atom. The van der Waals surface area contributed by atoms with Crippen molar-refractivity contribution >= 4 is 15.8 Å². The SMILES string of the molecule is Cc1ccc(C)c(C(=O)CN2CCN(S(=O)(=O)c3ccccc3C)CC2)c1. The van der Waals surface area contributed by atoms with Crippen LogP contribution in [0.4, 0.5) is 0 Å². The summed E-state index contributed by atoms with van der Waals surface area (Å²) in [6, 6.07) is 12.9. The van der Waals surface area contributed by atoms with Gasteiger partial charge in [-0.25, -0.2) is 8.42 Å². The summed E-state index contributed by atoms with van der Waals surface area (Å²) < 4.78 is 27.3. The molecule has 0 aromatic heterocycles. The zero-order valence-corrected chi connectivity index (χ0v) is 16.9. The van der Waals surface area contributed by atoms with Crippen LogP contribution in [-0.2, 0) is 10.0 Å². The number of Topliss-reactive ketones (excluding diaryl/α,β-unsaturated/α-hetero) is 1. The van der Waals surface area contributed by atoms with Gasteiger partial charge in [-0.3, -0.25) is 9.69 Å². The summed E-state index contributed by atoms with van der Waals surface area (Å²) in [4.78, 5) is 15.1. The number of carbonyl (C=O) groups excluding carboxylic acids is 1. The molecule has 2 aromatic rings. The van der Waals surface area contributed by atoms with E-state index in [0.29, 0.717) is 37.6 Å². The zero-order valence-electron chi connectivity index (χ0n) is 16.1. The van der Waals surface area contributed by atoms with Gasteiger partial charge in [0.15, 0.2) is 5.78 Å². The van der Waals surface area contributed by atoms with Gasteiger partial charge in [0.1, 0.15) is 0 Å². The molecule has 0 radical (unpaired) electrons. The molecule has 0 aliphatic carbocycles. The highest BCUT2D eigenvalue weighted by molar-refractivity contribution is 7.89. The lowest BCUT2D eigenvalue weighted by Crippen LogP contribution is -2.49. The summed E-state index contributed by atoms with van der Waals surface area (Å²) in [6.07, 6.45) is 0. The third kappa shape index (κ3) is 4.29. The molecule has 1 fully saturated rings. The van der Waals surface area contributed by atoms with E-state index in [9.17, 15) is 13.2 Å². The maximum atomic E-state index is 12.9. The molecule has 0 bridgehead atoms. The molecule has 1 aliphatic rings. The molecule has 0 spiro atoms. The number of piperazine rings is 1. The van der Waals surface area contributed by atoms with E-state index in [1.807, 2.05) is 56.0 Å². The van der Waals surface area contributed by atoms with Gasteiger partial charge in [-0.1, -0.05) is 35.9 Å². The first kappa shape index (κ1) is 19.7. The third-order valence-corrected chi connectivity index (χ3v) is 7.16. The molecule has 144 valence electrons. The Labute approximate surface area is 161 Å². The molecule has 1 saturated heterocycles. The Bertz CT molecular complexity index is 946. The molecule has 6 heteroatoms. The fraction of sp³-hybridized carbons (Fsp3) is 0.381. The molecule has 3 rings (SSSR count). The lowest BCUT2D eigenvalue weighted by atomic mass is 10.0. The Morgan fingerprint density at radius 2 is 1.59 bits per heavy atom. The van der Waals surface area contributed by atoms with Gasteiger partial charge in [-0.15, -0.1) is 0 Å². The van der Waals surface area contributed by atoms with E-state index in [4.69, 9.17) is 0 Å². The van der Waals surface area contributed by atoms with E-state index in [-0.39, 0.29) is 5.78 Å².